The van der Waals surface area contributed by atoms with Crippen LogP contribution >= 0.6 is 22.6 Å². The minimum Gasteiger partial charge on any atom is -0.490 e. The molecule has 0 aromatic heterocycles. The van der Waals surface area contributed by atoms with E-state index in [1.165, 1.54) is 18.2 Å². The van der Waals surface area contributed by atoms with Crippen molar-refractivity contribution in [2.75, 3.05) is 30.9 Å². The van der Waals surface area contributed by atoms with Gasteiger partial charge in [0.15, 0.2) is 11.5 Å². The molecule has 0 saturated heterocycles. The lowest BCUT2D eigenvalue weighted by Gasteiger charge is -2.15. The van der Waals surface area contributed by atoms with E-state index in [0.717, 1.165) is 14.8 Å². The van der Waals surface area contributed by atoms with E-state index in [4.69, 9.17) is 9.47 Å². The summed E-state index contributed by atoms with van der Waals surface area (Å²) in [5, 5.41) is 12.4. The zero-order valence-electron chi connectivity index (χ0n) is 19.6. The summed E-state index contributed by atoms with van der Waals surface area (Å²) in [6.07, 6.45) is 1.51. The molecule has 0 fully saturated rings. The second-order valence-electron chi connectivity index (χ2n) is 7.74. The minimum absolute atomic E-state index is 0.0417. The van der Waals surface area contributed by atoms with Crippen molar-refractivity contribution in [1.29, 1.82) is 5.26 Å². The van der Waals surface area contributed by atoms with Crippen molar-refractivity contribution in [3.63, 3.8) is 0 Å². The highest BCUT2D eigenvalue weighted by Gasteiger charge is 2.15. The van der Waals surface area contributed by atoms with E-state index in [-0.39, 0.29) is 18.0 Å². The van der Waals surface area contributed by atoms with Gasteiger partial charge < -0.3 is 19.7 Å². The molecule has 0 bridgehead atoms. The Kier molecular flexibility index (Phi) is 9.09. The molecule has 3 rings (SSSR count). The number of hydrogen-bond donors (Lipinski definition) is 1. The van der Waals surface area contributed by atoms with Crippen LogP contribution in [0.15, 0.2) is 66.2 Å². The first-order valence-electron chi connectivity index (χ1n) is 10.8. The topological polar surface area (TPSA) is 74.6 Å². The van der Waals surface area contributed by atoms with Gasteiger partial charge in [-0.25, -0.2) is 4.39 Å². The van der Waals surface area contributed by atoms with E-state index in [0.29, 0.717) is 29.4 Å². The maximum atomic E-state index is 13.2. The molecule has 0 radical (unpaired) electrons. The van der Waals surface area contributed by atoms with Gasteiger partial charge in [0, 0.05) is 25.5 Å². The van der Waals surface area contributed by atoms with E-state index in [2.05, 4.69) is 27.9 Å². The van der Waals surface area contributed by atoms with Crippen LogP contribution in [0, 0.1) is 20.7 Å². The predicted octanol–water partition coefficient (Wildman–Crippen LogP) is 6.02. The number of nitrogens with one attached hydrogen (secondary N) is 1. The summed E-state index contributed by atoms with van der Waals surface area (Å²) >= 11 is 2.12. The monoisotopic (exact) mass is 585 g/mol. The van der Waals surface area contributed by atoms with Gasteiger partial charge in [-0.05, 0) is 95.2 Å². The molecule has 8 heteroatoms. The summed E-state index contributed by atoms with van der Waals surface area (Å²) in [6.45, 7) is 2.50. The van der Waals surface area contributed by atoms with Gasteiger partial charge in [-0.1, -0.05) is 12.1 Å². The first-order valence-corrected chi connectivity index (χ1v) is 11.9. The molecule has 6 nitrogen and oxygen atoms in total. The van der Waals surface area contributed by atoms with Gasteiger partial charge in [0.1, 0.15) is 24.1 Å². The van der Waals surface area contributed by atoms with Crippen molar-refractivity contribution in [3.8, 4) is 17.6 Å². The van der Waals surface area contributed by atoms with Crippen molar-refractivity contribution in [2.24, 2.45) is 0 Å². The zero-order valence-corrected chi connectivity index (χ0v) is 21.8. The van der Waals surface area contributed by atoms with Crippen molar-refractivity contribution in [2.45, 2.75) is 13.5 Å². The zero-order chi connectivity index (χ0) is 25.4. The van der Waals surface area contributed by atoms with Gasteiger partial charge >= 0.3 is 0 Å². The van der Waals surface area contributed by atoms with Gasteiger partial charge in [-0.15, -0.1) is 0 Å². The predicted molar refractivity (Wildman–Crippen MR) is 144 cm³/mol. The molecule has 1 amide bonds. The Morgan fingerprint density at radius 3 is 2.40 bits per heavy atom. The van der Waals surface area contributed by atoms with E-state index < -0.39 is 5.91 Å². The number of carbonyl (C=O) groups is 1. The van der Waals surface area contributed by atoms with Crippen LogP contribution in [-0.2, 0) is 11.4 Å². The van der Waals surface area contributed by atoms with Gasteiger partial charge in [0.05, 0.1) is 10.2 Å². The second-order valence-corrected chi connectivity index (χ2v) is 8.91. The Balaban J connectivity index is 1.81. The Morgan fingerprint density at radius 2 is 1.80 bits per heavy atom. The van der Waals surface area contributed by atoms with Gasteiger partial charge in [0.2, 0.25) is 0 Å². The molecule has 1 N–H and O–H groups in total. The van der Waals surface area contributed by atoms with E-state index >= 15 is 0 Å². The number of nitriles is 1. The SMILES string of the molecule is CCOc1cc(/C=C(/C#N)C(=O)Nc2ccc(N(C)C)cc2)cc(I)c1OCc1ccc(F)cc1. The largest absolute Gasteiger partial charge is 0.490 e. The summed E-state index contributed by atoms with van der Waals surface area (Å²) in [6, 6.07) is 18.9. The molecular formula is C27H25FIN3O3. The normalized spacial score (nSPS) is 10.9. The van der Waals surface area contributed by atoms with Crippen LogP contribution in [0.25, 0.3) is 6.08 Å². The first-order chi connectivity index (χ1) is 16.8. The fraction of sp³-hybridized carbons (Fsp3) is 0.185. The van der Waals surface area contributed by atoms with Crippen LogP contribution in [0.3, 0.4) is 0 Å². The highest BCUT2D eigenvalue weighted by molar-refractivity contribution is 14.1. The summed E-state index contributed by atoms with van der Waals surface area (Å²) in [7, 11) is 3.86. The van der Waals surface area contributed by atoms with Crippen molar-refractivity contribution >= 4 is 45.9 Å². The number of halogens is 2. The third kappa shape index (κ3) is 7.20. The molecule has 0 aliphatic heterocycles. The number of nitrogens with zero attached hydrogens (tertiary/aromatic N) is 2. The summed E-state index contributed by atoms with van der Waals surface area (Å²) in [5.74, 6) is 0.217. The summed E-state index contributed by atoms with van der Waals surface area (Å²) in [4.78, 5) is 14.7. The van der Waals surface area contributed by atoms with Crippen LogP contribution in [0.1, 0.15) is 18.1 Å². The third-order valence-corrected chi connectivity index (χ3v) is 5.75. The average molecular weight is 585 g/mol. The molecule has 0 atom stereocenters. The Hall–Kier alpha value is -3.58. The highest BCUT2D eigenvalue weighted by Crippen LogP contribution is 2.35. The van der Waals surface area contributed by atoms with Crippen molar-refractivity contribution < 1.29 is 18.7 Å². The number of anilines is 2. The molecule has 180 valence electrons. The highest BCUT2D eigenvalue weighted by atomic mass is 127. The summed E-state index contributed by atoms with van der Waals surface area (Å²) in [5.41, 5.74) is 2.99. The summed E-state index contributed by atoms with van der Waals surface area (Å²) < 4.78 is 25.6. The van der Waals surface area contributed by atoms with Crippen LogP contribution < -0.4 is 19.7 Å². The molecular weight excluding hydrogens is 560 g/mol. The standard InChI is InChI=1S/C27H25FIN3O3/c1-4-34-25-15-19(14-24(29)26(25)35-17-18-5-7-21(28)8-6-18)13-20(16-30)27(33)31-22-9-11-23(12-10-22)32(2)3/h5-15H,4,17H2,1-3H3,(H,31,33)/b20-13-. The number of ether oxygens (including phenoxy) is 2. The molecule has 0 unspecified atom stereocenters. The molecule has 0 heterocycles. The van der Waals surface area contributed by atoms with Crippen LogP contribution in [0.4, 0.5) is 15.8 Å². The Labute approximate surface area is 218 Å². The molecule has 0 saturated carbocycles. The minimum atomic E-state index is -0.505. The second kappa shape index (κ2) is 12.2. The lowest BCUT2D eigenvalue weighted by Crippen LogP contribution is -2.14. The molecule has 0 aliphatic rings. The molecule has 0 spiro atoms. The number of amides is 1. The van der Waals surface area contributed by atoms with Crippen LogP contribution in [-0.4, -0.2) is 26.6 Å². The fourth-order valence-electron chi connectivity index (χ4n) is 3.17. The molecule has 35 heavy (non-hydrogen) atoms. The lowest BCUT2D eigenvalue weighted by molar-refractivity contribution is -0.112. The number of hydrogen-bond acceptors (Lipinski definition) is 5. The van der Waals surface area contributed by atoms with Gasteiger partial charge in [-0.3, -0.25) is 4.79 Å². The number of benzene rings is 3. The van der Waals surface area contributed by atoms with Crippen molar-refractivity contribution in [1.82, 2.24) is 0 Å². The average Bonchev–Trinajstić information content (AvgIpc) is 2.83. The first kappa shape index (κ1) is 26.0. The smallest absolute Gasteiger partial charge is 0.266 e. The molecule has 0 aliphatic carbocycles. The number of rotatable bonds is 9. The maximum absolute atomic E-state index is 13.2. The third-order valence-electron chi connectivity index (χ3n) is 4.95. The van der Waals surface area contributed by atoms with Crippen LogP contribution in [0.2, 0.25) is 0 Å². The van der Waals surface area contributed by atoms with E-state index in [1.54, 1.807) is 36.4 Å². The fourth-order valence-corrected chi connectivity index (χ4v) is 3.95. The van der Waals surface area contributed by atoms with E-state index in [9.17, 15) is 14.4 Å². The Morgan fingerprint density at radius 1 is 1.11 bits per heavy atom. The molecule has 3 aromatic rings. The van der Waals surface area contributed by atoms with Crippen molar-refractivity contribution in [3.05, 3.63) is 86.8 Å². The van der Waals surface area contributed by atoms with E-state index in [1.807, 2.05) is 44.1 Å². The number of carbonyl (C=O) groups excluding carboxylic acids is 1. The quantitative estimate of drug-likeness (QED) is 0.189. The molecule has 3 aromatic carbocycles. The maximum Gasteiger partial charge on any atom is 0.266 e. The lowest BCUT2D eigenvalue weighted by atomic mass is 10.1. The Bertz CT molecular complexity index is 1250. The van der Waals surface area contributed by atoms with Gasteiger partial charge in [-0.2, -0.15) is 5.26 Å². The van der Waals surface area contributed by atoms with Gasteiger partial charge in [0.25, 0.3) is 5.91 Å². The van der Waals surface area contributed by atoms with Crippen LogP contribution in [0.5, 0.6) is 11.5 Å².